The summed E-state index contributed by atoms with van der Waals surface area (Å²) in [5.41, 5.74) is 5.75. The van der Waals surface area contributed by atoms with E-state index in [0.29, 0.717) is 39.2 Å². The van der Waals surface area contributed by atoms with Gasteiger partial charge in [-0.2, -0.15) is 0 Å². The van der Waals surface area contributed by atoms with Crippen LogP contribution in [0.15, 0.2) is 0 Å². The van der Waals surface area contributed by atoms with Crippen LogP contribution in [0.4, 0.5) is 0 Å². The Labute approximate surface area is 126 Å². The summed E-state index contributed by atoms with van der Waals surface area (Å²) < 4.78 is 5.41. The van der Waals surface area contributed by atoms with Crippen LogP contribution >= 0.6 is 12.4 Å². The summed E-state index contributed by atoms with van der Waals surface area (Å²) >= 11 is 0. The number of hydrogen-bond acceptors (Lipinski definition) is 4. The Kier molecular flexibility index (Phi) is 6.71. The summed E-state index contributed by atoms with van der Waals surface area (Å²) in [7, 11) is 0. The number of nitrogens with two attached hydrogens (primary N) is 1. The molecule has 7 heteroatoms. The van der Waals surface area contributed by atoms with E-state index in [-0.39, 0.29) is 30.3 Å². The number of nitrogens with zero attached hydrogens (tertiary/aromatic N) is 2. The minimum absolute atomic E-state index is 0. The fourth-order valence-corrected chi connectivity index (χ4v) is 2.53. The molecule has 2 atom stereocenters. The number of piperazine rings is 1. The second-order valence-electron chi connectivity index (χ2n) is 5.17. The van der Waals surface area contributed by atoms with E-state index in [9.17, 15) is 9.59 Å². The van der Waals surface area contributed by atoms with Gasteiger partial charge in [-0.15, -0.1) is 12.4 Å². The number of hydrogen-bond donors (Lipinski definition) is 1. The molecule has 0 aromatic heterocycles. The quantitative estimate of drug-likeness (QED) is 0.796. The lowest BCUT2D eigenvalue weighted by Crippen LogP contribution is -2.55. The van der Waals surface area contributed by atoms with Crippen LogP contribution in [0.5, 0.6) is 0 Å². The maximum Gasteiger partial charge on any atom is 0.251 e. The highest BCUT2D eigenvalue weighted by atomic mass is 35.5. The second-order valence-corrected chi connectivity index (χ2v) is 5.17. The number of ether oxygens (including phenoxy) is 1. The Morgan fingerprint density at radius 3 is 2.35 bits per heavy atom. The summed E-state index contributed by atoms with van der Waals surface area (Å²) in [6.07, 6.45) is 2.16. The van der Waals surface area contributed by atoms with Gasteiger partial charge < -0.3 is 20.3 Å². The zero-order valence-electron chi connectivity index (χ0n) is 11.9. The Morgan fingerprint density at radius 1 is 1.25 bits per heavy atom. The van der Waals surface area contributed by atoms with Gasteiger partial charge in [-0.1, -0.05) is 6.92 Å². The van der Waals surface area contributed by atoms with Gasteiger partial charge in [0.1, 0.15) is 6.10 Å². The van der Waals surface area contributed by atoms with E-state index >= 15 is 0 Å². The Morgan fingerprint density at radius 2 is 1.85 bits per heavy atom. The predicted molar refractivity (Wildman–Crippen MR) is 77.6 cm³/mol. The monoisotopic (exact) mass is 305 g/mol. The maximum atomic E-state index is 12.1. The summed E-state index contributed by atoms with van der Waals surface area (Å²) in [5, 5.41) is 0. The first kappa shape index (κ1) is 17.2. The van der Waals surface area contributed by atoms with Crippen LogP contribution in [0.25, 0.3) is 0 Å². The van der Waals surface area contributed by atoms with Gasteiger partial charge in [-0.25, -0.2) is 0 Å². The molecule has 116 valence electrons. The molecule has 0 spiro atoms. The first-order valence-corrected chi connectivity index (χ1v) is 7.08. The average Bonchev–Trinajstić information content (AvgIpc) is 2.99. The molecule has 0 aromatic carbocycles. The van der Waals surface area contributed by atoms with E-state index in [1.807, 2.05) is 6.92 Å². The van der Waals surface area contributed by atoms with Crippen molar-refractivity contribution in [2.24, 2.45) is 5.73 Å². The normalized spacial score (nSPS) is 24.2. The number of rotatable bonds is 3. The summed E-state index contributed by atoms with van der Waals surface area (Å²) in [5.74, 6) is 0.0658. The molecule has 2 aliphatic rings. The molecule has 2 N–H and O–H groups in total. The van der Waals surface area contributed by atoms with Crippen LogP contribution in [-0.4, -0.2) is 66.5 Å². The minimum atomic E-state index is -0.416. The molecule has 0 saturated carbocycles. The molecule has 2 rings (SSSR count). The van der Waals surface area contributed by atoms with E-state index in [1.54, 1.807) is 9.80 Å². The number of carbonyl (C=O) groups is 2. The van der Waals surface area contributed by atoms with Crippen molar-refractivity contribution in [3.05, 3.63) is 0 Å². The molecule has 0 bridgehead atoms. The van der Waals surface area contributed by atoms with Crippen molar-refractivity contribution >= 4 is 24.2 Å². The topological polar surface area (TPSA) is 75.9 Å². The van der Waals surface area contributed by atoms with E-state index in [0.717, 1.165) is 12.8 Å². The molecule has 2 aliphatic heterocycles. The molecule has 2 fully saturated rings. The van der Waals surface area contributed by atoms with Crippen LogP contribution in [0, 0.1) is 0 Å². The number of amides is 2. The molecule has 6 nitrogen and oxygen atoms in total. The Balaban J connectivity index is 0.00000200. The third-order valence-electron chi connectivity index (χ3n) is 3.87. The lowest BCUT2D eigenvalue weighted by molar-refractivity contribution is -0.146. The van der Waals surface area contributed by atoms with E-state index < -0.39 is 6.04 Å². The minimum Gasteiger partial charge on any atom is -0.368 e. The first-order chi connectivity index (χ1) is 9.13. The number of halogens is 1. The van der Waals surface area contributed by atoms with Gasteiger partial charge in [0.05, 0.1) is 6.04 Å². The number of carbonyl (C=O) groups excluding carboxylic acids is 2. The highest BCUT2D eigenvalue weighted by Gasteiger charge is 2.31. The van der Waals surface area contributed by atoms with Crippen molar-refractivity contribution in [3.8, 4) is 0 Å². The van der Waals surface area contributed by atoms with Crippen LogP contribution in [-0.2, 0) is 14.3 Å². The summed E-state index contributed by atoms with van der Waals surface area (Å²) in [6, 6.07) is -0.416. The zero-order valence-corrected chi connectivity index (χ0v) is 12.7. The van der Waals surface area contributed by atoms with E-state index in [2.05, 4.69) is 0 Å². The van der Waals surface area contributed by atoms with Crippen LogP contribution in [0.3, 0.4) is 0 Å². The highest BCUT2D eigenvalue weighted by Crippen LogP contribution is 2.16. The van der Waals surface area contributed by atoms with Gasteiger partial charge in [0.25, 0.3) is 5.91 Å². The second kappa shape index (κ2) is 7.81. The highest BCUT2D eigenvalue weighted by molar-refractivity contribution is 5.85. The standard InChI is InChI=1S/C13H23N3O3.ClH/c1-2-10(14)12(17)15-5-7-16(8-6-15)13(18)11-4-3-9-19-11;/h10-11H,2-9,14H2,1H3;1H/t10-,11?;/m0./s1. The van der Waals surface area contributed by atoms with Crippen molar-refractivity contribution in [2.75, 3.05) is 32.8 Å². The largest absolute Gasteiger partial charge is 0.368 e. The van der Waals surface area contributed by atoms with Crippen LogP contribution in [0.2, 0.25) is 0 Å². The van der Waals surface area contributed by atoms with Crippen molar-refractivity contribution in [3.63, 3.8) is 0 Å². The Bertz CT molecular complexity index is 340. The van der Waals surface area contributed by atoms with Crippen LogP contribution < -0.4 is 5.73 Å². The Hall–Kier alpha value is -0.850. The molecular weight excluding hydrogens is 282 g/mol. The molecule has 0 aliphatic carbocycles. The fraction of sp³-hybridized carbons (Fsp3) is 0.846. The molecule has 2 heterocycles. The third kappa shape index (κ3) is 3.84. The van der Waals surface area contributed by atoms with Gasteiger partial charge in [-0.3, -0.25) is 9.59 Å². The molecule has 2 amide bonds. The van der Waals surface area contributed by atoms with Crippen molar-refractivity contribution in [1.29, 1.82) is 0 Å². The van der Waals surface area contributed by atoms with Gasteiger partial charge in [0.2, 0.25) is 5.91 Å². The smallest absolute Gasteiger partial charge is 0.251 e. The van der Waals surface area contributed by atoms with E-state index in [4.69, 9.17) is 10.5 Å². The molecular formula is C13H24ClN3O3. The molecule has 0 radical (unpaired) electrons. The molecule has 1 unspecified atom stereocenters. The molecule has 20 heavy (non-hydrogen) atoms. The lowest BCUT2D eigenvalue weighted by atomic mass is 10.1. The summed E-state index contributed by atoms with van der Waals surface area (Å²) in [6.45, 7) is 4.90. The van der Waals surface area contributed by atoms with E-state index in [1.165, 1.54) is 0 Å². The van der Waals surface area contributed by atoms with Crippen molar-refractivity contribution in [2.45, 2.75) is 38.3 Å². The first-order valence-electron chi connectivity index (χ1n) is 7.08. The van der Waals surface area contributed by atoms with Gasteiger partial charge in [-0.05, 0) is 19.3 Å². The average molecular weight is 306 g/mol. The summed E-state index contributed by atoms with van der Waals surface area (Å²) in [4.78, 5) is 27.6. The predicted octanol–water partition coefficient (Wildman–Crippen LogP) is -0.00470. The third-order valence-corrected chi connectivity index (χ3v) is 3.87. The van der Waals surface area contributed by atoms with Gasteiger partial charge in [0, 0.05) is 32.8 Å². The van der Waals surface area contributed by atoms with Gasteiger partial charge in [0.15, 0.2) is 0 Å². The van der Waals surface area contributed by atoms with Crippen LogP contribution in [0.1, 0.15) is 26.2 Å². The zero-order chi connectivity index (χ0) is 13.8. The SMILES string of the molecule is CC[C@H](N)C(=O)N1CCN(C(=O)C2CCCO2)CC1.Cl. The lowest BCUT2D eigenvalue weighted by Gasteiger charge is -2.36. The molecule has 0 aromatic rings. The maximum absolute atomic E-state index is 12.1. The fourth-order valence-electron chi connectivity index (χ4n) is 2.53. The van der Waals surface area contributed by atoms with Crippen molar-refractivity contribution < 1.29 is 14.3 Å². The molecule has 2 saturated heterocycles. The van der Waals surface area contributed by atoms with Gasteiger partial charge >= 0.3 is 0 Å². The van der Waals surface area contributed by atoms with Crippen molar-refractivity contribution in [1.82, 2.24) is 9.80 Å².